The Bertz CT molecular complexity index is 577. The zero-order chi connectivity index (χ0) is 12.5. The van der Waals surface area contributed by atoms with Crippen molar-refractivity contribution in [3.63, 3.8) is 0 Å². The highest BCUT2D eigenvalue weighted by Gasteiger charge is 2.17. The molecule has 1 heterocycles. The molecule has 0 aliphatic heterocycles. The van der Waals surface area contributed by atoms with Crippen LogP contribution >= 0.6 is 15.9 Å². The number of hydrogen-bond donors (Lipinski definition) is 1. The molecule has 0 unspecified atom stereocenters. The summed E-state index contributed by atoms with van der Waals surface area (Å²) in [6.07, 6.45) is 5.33. The van der Waals surface area contributed by atoms with Crippen LogP contribution in [0.5, 0.6) is 0 Å². The lowest BCUT2D eigenvalue weighted by Crippen LogP contribution is -2.03. The third-order valence-corrected chi connectivity index (χ3v) is 4.28. The second-order valence-electron chi connectivity index (χ2n) is 4.75. The standard InChI is InChI=1S/C14H14BrFN2/c15-12-6-5-10(16)7-9(12)8-14-11-3-1-2-4-13(11)17-18-14/h5-7H,1-4,8H2,(H,17,18). The summed E-state index contributed by atoms with van der Waals surface area (Å²) in [7, 11) is 0. The van der Waals surface area contributed by atoms with E-state index < -0.39 is 0 Å². The average molecular weight is 309 g/mol. The molecular weight excluding hydrogens is 295 g/mol. The van der Waals surface area contributed by atoms with Crippen molar-refractivity contribution in [2.45, 2.75) is 32.1 Å². The molecule has 1 aromatic carbocycles. The van der Waals surface area contributed by atoms with Gasteiger partial charge in [-0.3, -0.25) is 5.10 Å². The monoisotopic (exact) mass is 308 g/mol. The third-order valence-electron chi connectivity index (χ3n) is 3.51. The maximum absolute atomic E-state index is 13.3. The van der Waals surface area contributed by atoms with E-state index in [0.29, 0.717) is 6.42 Å². The van der Waals surface area contributed by atoms with Crippen LogP contribution in [0.15, 0.2) is 22.7 Å². The molecular formula is C14H14BrFN2. The largest absolute Gasteiger partial charge is 0.282 e. The first-order valence-electron chi connectivity index (χ1n) is 6.23. The van der Waals surface area contributed by atoms with Crippen molar-refractivity contribution in [3.8, 4) is 0 Å². The molecule has 0 fully saturated rings. The number of aromatic amines is 1. The number of hydrogen-bond acceptors (Lipinski definition) is 1. The Labute approximate surface area is 114 Å². The highest BCUT2D eigenvalue weighted by Crippen LogP contribution is 2.26. The number of fused-ring (bicyclic) bond motifs is 1. The van der Waals surface area contributed by atoms with Crippen LogP contribution in [0.2, 0.25) is 0 Å². The maximum atomic E-state index is 13.3. The molecule has 0 saturated carbocycles. The number of aromatic nitrogens is 2. The third kappa shape index (κ3) is 2.21. The number of nitrogens with one attached hydrogen (secondary N) is 1. The average Bonchev–Trinajstić information content (AvgIpc) is 2.78. The van der Waals surface area contributed by atoms with Gasteiger partial charge in [-0.25, -0.2) is 4.39 Å². The van der Waals surface area contributed by atoms with E-state index in [1.54, 1.807) is 12.1 Å². The molecule has 2 aromatic rings. The zero-order valence-corrected chi connectivity index (χ0v) is 11.6. The van der Waals surface area contributed by atoms with Gasteiger partial charge in [0.1, 0.15) is 5.82 Å². The molecule has 0 spiro atoms. The van der Waals surface area contributed by atoms with Crippen molar-refractivity contribution in [2.24, 2.45) is 0 Å². The smallest absolute Gasteiger partial charge is 0.123 e. The van der Waals surface area contributed by atoms with Crippen LogP contribution in [0.3, 0.4) is 0 Å². The summed E-state index contributed by atoms with van der Waals surface area (Å²) in [5, 5.41) is 7.52. The fraction of sp³-hybridized carbons (Fsp3) is 0.357. The van der Waals surface area contributed by atoms with E-state index in [1.807, 2.05) is 0 Å². The van der Waals surface area contributed by atoms with Crippen molar-refractivity contribution in [1.82, 2.24) is 10.2 Å². The first kappa shape index (κ1) is 11.9. The molecule has 2 nitrogen and oxygen atoms in total. The van der Waals surface area contributed by atoms with Gasteiger partial charge >= 0.3 is 0 Å². The lowest BCUT2D eigenvalue weighted by atomic mass is 9.94. The second-order valence-corrected chi connectivity index (χ2v) is 5.60. The summed E-state index contributed by atoms with van der Waals surface area (Å²) in [4.78, 5) is 0. The van der Waals surface area contributed by atoms with E-state index in [4.69, 9.17) is 0 Å². The van der Waals surface area contributed by atoms with Gasteiger partial charge in [0.15, 0.2) is 0 Å². The molecule has 0 saturated heterocycles. The van der Waals surface area contributed by atoms with Crippen molar-refractivity contribution >= 4 is 15.9 Å². The van der Waals surface area contributed by atoms with E-state index in [0.717, 1.165) is 28.6 Å². The van der Waals surface area contributed by atoms with Crippen LogP contribution in [-0.4, -0.2) is 10.2 Å². The summed E-state index contributed by atoms with van der Waals surface area (Å²) >= 11 is 3.47. The molecule has 1 aliphatic rings. The molecule has 18 heavy (non-hydrogen) atoms. The van der Waals surface area contributed by atoms with E-state index in [-0.39, 0.29) is 5.82 Å². The summed E-state index contributed by atoms with van der Waals surface area (Å²) in [5.74, 6) is -0.197. The minimum Gasteiger partial charge on any atom is -0.282 e. The number of halogens is 2. The second kappa shape index (κ2) is 4.84. The first-order chi connectivity index (χ1) is 8.74. The summed E-state index contributed by atoms with van der Waals surface area (Å²) in [6, 6.07) is 4.80. The molecule has 94 valence electrons. The molecule has 1 N–H and O–H groups in total. The molecule has 1 aliphatic carbocycles. The van der Waals surface area contributed by atoms with Crippen molar-refractivity contribution < 1.29 is 4.39 Å². The highest BCUT2D eigenvalue weighted by atomic mass is 79.9. The zero-order valence-electron chi connectivity index (χ0n) is 9.97. The number of rotatable bonds is 2. The van der Waals surface area contributed by atoms with E-state index >= 15 is 0 Å². The van der Waals surface area contributed by atoms with Crippen LogP contribution in [0.25, 0.3) is 0 Å². The molecule has 0 bridgehead atoms. The van der Waals surface area contributed by atoms with E-state index in [2.05, 4.69) is 26.1 Å². The lowest BCUT2D eigenvalue weighted by molar-refractivity contribution is 0.625. The summed E-state index contributed by atoms with van der Waals surface area (Å²) in [5.41, 5.74) is 4.63. The van der Waals surface area contributed by atoms with Crippen LogP contribution in [0.4, 0.5) is 4.39 Å². The minimum absolute atomic E-state index is 0.197. The summed E-state index contributed by atoms with van der Waals surface area (Å²) < 4.78 is 14.2. The number of benzene rings is 1. The minimum atomic E-state index is -0.197. The normalized spacial score (nSPS) is 14.6. The number of aryl methyl sites for hydroxylation is 1. The lowest BCUT2D eigenvalue weighted by Gasteiger charge is -2.11. The topological polar surface area (TPSA) is 28.7 Å². The van der Waals surface area contributed by atoms with Gasteiger partial charge in [-0.2, -0.15) is 5.10 Å². The van der Waals surface area contributed by atoms with Crippen molar-refractivity contribution in [1.29, 1.82) is 0 Å². The van der Waals surface area contributed by atoms with Gasteiger partial charge in [-0.15, -0.1) is 0 Å². The van der Waals surface area contributed by atoms with Crippen LogP contribution in [0, 0.1) is 5.82 Å². The Kier molecular flexibility index (Phi) is 3.20. The van der Waals surface area contributed by atoms with Gasteiger partial charge in [0.25, 0.3) is 0 Å². The molecule has 0 atom stereocenters. The predicted octanol–water partition coefficient (Wildman–Crippen LogP) is 3.78. The van der Waals surface area contributed by atoms with Gasteiger partial charge in [-0.1, -0.05) is 15.9 Å². The van der Waals surface area contributed by atoms with Crippen LogP contribution < -0.4 is 0 Å². The summed E-state index contributed by atoms with van der Waals surface area (Å²) in [6.45, 7) is 0. The number of nitrogens with zero attached hydrogens (tertiary/aromatic N) is 1. The quantitative estimate of drug-likeness (QED) is 0.898. The Hall–Kier alpha value is -1.16. The molecule has 4 heteroatoms. The van der Waals surface area contributed by atoms with Crippen LogP contribution in [0.1, 0.15) is 35.4 Å². The first-order valence-corrected chi connectivity index (χ1v) is 7.02. The Morgan fingerprint density at radius 1 is 1.28 bits per heavy atom. The van der Waals surface area contributed by atoms with Gasteiger partial charge in [-0.05, 0) is 55.0 Å². The van der Waals surface area contributed by atoms with Gasteiger partial charge in [0, 0.05) is 16.6 Å². The van der Waals surface area contributed by atoms with Crippen molar-refractivity contribution in [3.05, 3.63) is 51.0 Å². The van der Waals surface area contributed by atoms with Gasteiger partial charge in [0.05, 0.1) is 5.69 Å². The van der Waals surface area contributed by atoms with Gasteiger partial charge < -0.3 is 0 Å². The molecule has 1 aromatic heterocycles. The molecule has 0 amide bonds. The van der Waals surface area contributed by atoms with Gasteiger partial charge in [0.2, 0.25) is 0 Å². The Balaban J connectivity index is 1.92. The number of H-pyrrole nitrogens is 1. The highest BCUT2D eigenvalue weighted by molar-refractivity contribution is 9.10. The maximum Gasteiger partial charge on any atom is 0.123 e. The van der Waals surface area contributed by atoms with Crippen molar-refractivity contribution in [2.75, 3.05) is 0 Å². The van der Waals surface area contributed by atoms with E-state index in [1.165, 1.54) is 30.2 Å². The molecule has 3 rings (SSSR count). The van der Waals surface area contributed by atoms with Crippen LogP contribution in [-0.2, 0) is 19.3 Å². The van der Waals surface area contributed by atoms with E-state index in [9.17, 15) is 4.39 Å². The molecule has 0 radical (unpaired) electrons. The SMILES string of the molecule is Fc1ccc(Br)c(Cc2n[nH]c3c2CCCC3)c1. The fourth-order valence-corrected chi connectivity index (χ4v) is 2.94. The fourth-order valence-electron chi connectivity index (χ4n) is 2.56. The predicted molar refractivity (Wildman–Crippen MR) is 72.1 cm³/mol. The Morgan fingerprint density at radius 2 is 2.11 bits per heavy atom. The Morgan fingerprint density at radius 3 is 3.00 bits per heavy atom.